The molecule has 1 aliphatic rings. The highest BCUT2D eigenvalue weighted by atomic mass is 19.1. The Bertz CT molecular complexity index is 552. The Morgan fingerprint density at radius 2 is 2.17 bits per heavy atom. The van der Waals surface area contributed by atoms with E-state index in [0.717, 1.165) is 30.4 Å². The van der Waals surface area contributed by atoms with E-state index in [2.05, 4.69) is 5.10 Å². The fourth-order valence-corrected chi connectivity index (χ4v) is 2.57. The zero-order chi connectivity index (χ0) is 12.5. The lowest BCUT2D eigenvalue weighted by Gasteiger charge is -2.14. The fraction of sp³-hybridized carbons (Fsp3) is 0.357. The van der Waals surface area contributed by atoms with Gasteiger partial charge in [-0.05, 0) is 37.0 Å². The lowest BCUT2D eigenvalue weighted by Crippen LogP contribution is -2.18. The van der Waals surface area contributed by atoms with Gasteiger partial charge >= 0.3 is 0 Å². The minimum Gasteiger partial charge on any atom is -0.391 e. The molecule has 18 heavy (non-hydrogen) atoms. The number of aliphatic hydroxyl groups excluding tert-OH is 1. The van der Waals surface area contributed by atoms with Crippen molar-refractivity contribution < 1.29 is 9.50 Å². The minimum atomic E-state index is -0.315. The molecule has 1 N–H and O–H groups in total. The molecule has 1 aliphatic carbocycles. The van der Waals surface area contributed by atoms with Crippen molar-refractivity contribution in [1.82, 2.24) is 9.78 Å². The lowest BCUT2D eigenvalue weighted by molar-refractivity contribution is 0.130. The summed E-state index contributed by atoms with van der Waals surface area (Å²) in [4.78, 5) is 0. The predicted octanol–water partition coefficient (Wildman–Crippen LogP) is 2.78. The third kappa shape index (κ3) is 2.04. The zero-order valence-electron chi connectivity index (χ0n) is 9.96. The van der Waals surface area contributed by atoms with Gasteiger partial charge < -0.3 is 5.11 Å². The molecule has 0 amide bonds. The number of hydrogen-bond donors (Lipinski definition) is 1. The fourth-order valence-electron chi connectivity index (χ4n) is 2.57. The number of hydrogen-bond acceptors (Lipinski definition) is 2. The summed E-state index contributed by atoms with van der Waals surface area (Å²) in [5.41, 5.74) is 1.70. The van der Waals surface area contributed by atoms with Crippen LogP contribution in [-0.4, -0.2) is 21.0 Å². The first kappa shape index (κ1) is 11.4. The van der Waals surface area contributed by atoms with E-state index in [1.54, 1.807) is 16.9 Å². The molecule has 0 saturated heterocycles. The van der Waals surface area contributed by atoms with Crippen molar-refractivity contribution in [1.29, 1.82) is 0 Å². The average molecular weight is 246 g/mol. The Balaban J connectivity index is 1.89. The van der Waals surface area contributed by atoms with E-state index in [1.165, 1.54) is 12.1 Å². The molecule has 94 valence electrons. The molecule has 0 radical (unpaired) electrons. The molecule has 1 saturated carbocycles. The maximum Gasteiger partial charge on any atom is 0.123 e. The number of benzene rings is 1. The molecule has 0 spiro atoms. The summed E-state index contributed by atoms with van der Waals surface area (Å²) >= 11 is 0. The summed E-state index contributed by atoms with van der Waals surface area (Å²) in [6, 6.07) is 6.52. The van der Waals surface area contributed by atoms with Gasteiger partial charge in [-0.3, -0.25) is 4.68 Å². The first-order valence-corrected chi connectivity index (χ1v) is 6.22. The van der Waals surface area contributed by atoms with Gasteiger partial charge in [0.15, 0.2) is 0 Å². The summed E-state index contributed by atoms with van der Waals surface area (Å²) in [5, 5.41) is 14.1. The second kappa shape index (κ2) is 4.53. The molecule has 1 aromatic heterocycles. The van der Waals surface area contributed by atoms with Gasteiger partial charge in [0.2, 0.25) is 0 Å². The normalized spacial score (nSPS) is 23.4. The van der Waals surface area contributed by atoms with Gasteiger partial charge in [0.05, 0.1) is 18.3 Å². The van der Waals surface area contributed by atoms with E-state index in [1.807, 2.05) is 12.3 Å². The SMILES string of the molecule is OC1CCCC1n1cc(-c2cccc(F)c2)cn1. The van der Waals surface area contributed by atoms with Crippen LogP contribution in [0.3, 0.4) is 0 Å². The lowest BCUT2D eigenvalue weighted by atomic mass is 10.1. The van der Waals surface area contributed by atoms with E-state index in [-0.39, 0.29) is 18.0 Å². The van der Waals surface area contributed by atoms with Gasteiger partial charge in [0.1, 0.15) is 5.82 Å². The molecule has 2 aromatic rings. The van der Waals surface area contributed by atoms with Gasteiger partial charge in [-0.15, -0.1) is 0 Å². The largest absolute Gasteiger partial charge is 0.391 e. The van der Waals surface area contributed by atoms with E-state index >= 15 is 0 Å². The maximum absolute atomic E-state index is 13.2. The molecular weight excluding hydrogens is 231 g/mol. The van der Waals surface area contributed by atoms with Crippen molar-refractivity contribution in [2.24, 2.45) is 0 Å². The van der Waals surface area contributed by atoms with E-state index in [0.29, 0.717) is 0 Å². The van der Waals surface area contributed by atoms with Gasteiger partial charge in [0.25, 0.3) is 0 Å². The average Bonchev–Trinajstić information content (AvgIpc) is 2.97. The number of nitrogens with zero attached hydrogens (tertiary/aromatic N) is 2. The zero-order valence-corrected chi connectivity index (χ0v) is 9.96. The molecule has 0 bridgehead atoms. The van der Waals surface area contributed by atoms with Crippen molar-refractivity contribution in [3.8, 4) is 11.1 Å². The van der Waals surface area contributed by atoms with Crippen molar-refractivity contribution >= 4 is 0 Å². The maximum atomic E-state index is 13.2. The standard InChI is InChI=1S/C14H15FN2O/c15-12-4-1-3-10(7-12)11-8-16-17(9-11)13-5-2-6-14(13)18/h1,3-4,7-9,13-14,18H,2,5-6H2. The van der Waals surface area contributed by atoms with Crippen LogP contribution in [0.2, 0.25) is 0 Å². The second-order valence-corrected chi connectivity index (χ2v) is 4.78. The summed E-state index contributed by atoms with van der Waals surface area (Å²) in [6.45, 7) is 0. The minimum absolute atomic E-state index is 0.0623. The molecule has 1 aromatic carbocycles. The van der Waals surface area contributed by atoms with Crippen LogP contribution in [0.1, 0.15) is 25.3 Å². The molecule has 3 rings (SSSR count). The van der Waals surface area contributed by atoms with Crippen LogP contribution in [-0.2, 0) is 0 Å². The van der Waals surface area contributed by atoms with E-state index < -0.39 is 0 Å². The predicted molar refractivity (Wildman–Crippen MR) is 66.5 cm³/mol. The number of aliphatic hydroxyl groups is 1. The third-order valence-electron chi connectivity index (χ3n) is 3.54. The summed E-state index contributed by atoms with van der Waals surface area (Å²) in [7, 11) is 0. The molecule has 2 unspecified atom stereocenters. The smallest absolute Gasteiger partial charge is 0.123 e. The highest BCUT2D eigenvalue weighted by Gasteiger charge is 2.27. The van der Waals surface area contributed by atoms with Crippen LogP contribution in [0.5, 0.6) is 0 Å². The van der Waals surface area contributed by atoms with Crippen molar-refractivity contribution in [2.45, 2.75) is 31.4 Å². The summed E-state index contributed by atoms with van der Waals surface area (Å²) in [6.07, 6.45) is 6.10. The first-order chi connectivity index (χ1) is 8.74. The molecule has 3 nitrogen and oxygen atoms in total. The highest BCUT2D eigenvalue weighted by molar-refractivity contribution is 5.61. The molecule has 4 heteroatoms. The summed E-state index contributed by atoms with van der Waals surface area (Å²) in [5.74, 6) is -0.249. The molecule has 0 aliphatic heterocycles. The van der Waals surface area contributed by atoms with Gasteiger partial charge in [-0.2, -0.15) is 5.10 Å². The van der Waals surface area contributed by atoms with Crippen molar-refractivity contribution in [2.75, 3.05) is 0 Å². The quantitative estimate of drug-likeness (QED) is 0.884. The van der Waals surface area contributed by atoms with Crippen molar-refractivity contribution in [3.05, 3.63) is 42.5 Å². The Morgan fingerprint density at radius 1 is 1.28 bits per heavy atom. The van der Waals surface area contributed by atoms with Gasteiger partial charge in [-0.25, -0.2) is 4.39 Å². The van der Waals surface area contributed by atoms with Crippen molar-refractivity contribution in [3.63, 3.8) is 0 Å². The number of halogens is 1. The number of rotatable bonds is 2. The van der Waals surface area contributed by atoms with Gasteiger partial charge in [0, 0.05) is 11.8 Å². The van der Waals surface area contributed by atoms with Gasteiger partial charge in [-0.1, -0.05) is 12.1 Å². The molecule has 2 atom stereocenters. The van der Waals surface area contributed by atoms with Crippen LogP contribution in [0.4, 0.5) is 4.39 Å². The van der Waals surface area contributed by atoms with Crippen LogP contribution >= 0.6 is 0 Å². The van der Waals surface area contributed by atoms with Crippen LogP contribution < -0.4 is 0 Å². The molecular formula is C14H15FN2O. The highest BCUT2D eigenvalue weighted by Crippen LogP contribution is 2.31. The third-order valence-corrected chi connectivity index (χ3v) is 3.54. The van der Waals surface area contributed by atoms with Crippen LogP contribution in [0.25, 0.3) is 11.1 Å². The summed E-state index contributed by atoms with van der Waals surface area (Å²) < 4.78 is 15.0. The Morgan fingerprint density at radius 3 is 2.89 bits per heavy atom. The van der Waals surface area contributed by atoms with Crippen LogP contribution in [0.15, 0.2) is 36.7 Å². The van der Waals surface area contributed by atoms with E-state index in [9.17, 15) is 9.50 Å². The first-order valence-electron chi connectivity index (χ1n) is 6.22. The molecule has 1 fully saturated rings. The molecule has 1 heterocycles. The Hall–Kier alpha value is -1.68. The topological polar surface area (TPSA) is 38.0 Å². The number of aromatic nitrogens is 2. The Kier molecular flexibility index (Phi) is 2.88. The van der Waals surface area contributed by atoms with E-state index in [4.69, 9.17) is 0 Å². The monoisotopic (exact) mass is 246 g/mol. The second-order valence-electron chi connectivity index (χ2n) is 4.78. The Labute approximate surface area is 105 Å². The van der Waals surface area contributed by atoms with Crippen LogP contribution in [0, 0.1) is 5.82 Å².